The molecule has 0 spiro atoms. The average molecular weight is 539 g/mol. The molecule has 0 aliphatic rings. The zero-order valence-electron chi connectivity index (χ0n) is 22.4. The Balaban J connectivity index is 0.000000344. The molecule has 0 aliphatic carbocycles. The van der Waals surface area contributed by atoms with Crippen LogP contribution in [0.2, 0.25) is 0 Å². The van der Waals surface area contributed by atoms with Crippen LogP contribution in [-0.4, -0.2) is 36.8 Å². The van der Waals surface area contributed by atoms with E-state index < -0.39 is 11.9 Å². The van der Waals surface area contributed by atoms with Gasteiger partial charge in [0.25, 0.3) is 0 Å². The number of Topliss-reactive ketones (excluding diaryl/α,β-unsaturated/α-hetero) is 1. The van der Waals surface area contributed by atoms with Crippen molar-refractivity contribution in [3.05, 3.63) is 83.0 Å². The van der Waals surface area contributed by atoms with Crippen LogP contribution >= 0.6 is 0 Å². The number of aromatic nitrogens is 1. The van der Waals surface area contributed by atoms with Crippen molar-refractivity contribution >= 4 is 18.0 Å². The summed E-state index contributed by atoms with van der Waals surface area (Å²) in [6, 6.07) is 19.4. The highest BCUT2D eigenvalue weighted by atomic mass is 19.4. The summed E-state index contributed by atoms with van der Waals surface area (Å²) >= 11 is 0. The van der Waals surface area contributed by atoms with Gasteiger partial charge in [-0.3, -0.25) is 4.79 Å². The van der Waals surface area contributed by atoms with Crippen molar-refractivity contribution in [2.45, 2.75) is 46.2 Å². The minimum Gasteiger partial charge on any atom is -0.358 e. The van der Waals surface area contributed by atoms with E-state index in [1.807, 2.05) is 44.2 Å². The maximum absolute atomic E-state index is 13.3. The molecule has 39 heavy (non-hydrogen) atoms. The van der Waals surface area contributed by atoms with E-state index in [-0.39, 0.29) is 5.78 Å². The number of pyridine rings is 1. The Kier molecular flexibility index (Phi) is 12.2. The number of nitrogens with one attached hydrogen (secondary N) is 1. The Morgan fingerprint density at radius 3 is 2.08 bits per heavy atom. The van der Waals surface area contributed by atoms with Crippen LogP contribution in [0.1, 0.15) is 49.6 Å². The lowest BCUT2D eigenvalue weighted by molar-refractivity contribution is -0.141. The Hall–Kier alpha value is -4.19. The molecule has 0 unspecified atom stereocenters. The Morgan fingerprint density at radius 2 is 1.56 bits per heavy atom. The summed E-state index contributed by atoms with van der Waals surface area (Å²) in [5.74, 6) is 0.433. The third-order valence-electron chi connectivity index (χ3n) is 5.97. The lowest BCUT2D eigenvalue weighted by Gasteiger charge is -2.22. The summed E-state index contributed by atoms with van der Waals surface area (Å²) in [7, 11) is 0. The summed E-state index contributed by atoms with van der Waals surface area (Å²) in [5.41, 5.74) is 3.04. The summed E-state index contributed by atoms with van der Waals surface area (Å²) in [5, 5.41) is 11.1. The first-order valence-electron chi connectivity index (χ1n) is 12.7. The van der Waals surface area contributed by atoms with Crippen molar-refractivity contribution in [1.82, 2.24) is 10.3 Å². The minimum atomic E-state index is -4.50. The first kappa shape index (κ1) is 31.0. The Morgan fingerprint density at radius 1 is 0.974 bits per heavy atom. The van der Waals surface area contributed by atoms with Crippen LogP contribution < -0.4 is 10.2 Å². The molecule has 1 heterocycles. The fourth-order valence-corrected chi connectivity index (χ4v) is 3.74. The Bertz CT molecular complexity index is 1250. The minimum absolute atomic E-state index is 0.113. The molecule has 0 radical (unpaired) electrons. The van der Waals surface area contributed by atoms with Gasteiger partial charge in [0.05, 0.1) is 11.6 Å². The summed E-state index contributed by atoms with van der Waals surface area (Å²) in [6.45, 7) is 7.10. The Labute approximate surface area is 227 Å². The van der Waals surface area contributed by atoms with E-state index in [0.717, 1.165) is 23.6 Å². The number of hydrogen-bond donors (Lipinski definition) is 1. The van der Waals surface area contributed by atoms with E-state index in [9.17, 15) is 22.8 Å². The maximum Gasteiger partial charge on any atom is 0.433 e. The number of carbonyl (C=O) groups is 2. The van der Waals surface area contributed by atoms with Gasteiger partial charge in [-0.15, -0.1) is 0 Å². The summed E-state index contributed by atoms with van der Waals surface area (Å²) < 4.78 is 39.8. The van der Waals surface area contributed by atoms with E-state index in [1.54, 1.807) is 42.2 Å². The molecular formula is C30H33F3N4O2. The van der Waals surface area contributed by atoms with E-state index in [0.29, 0.717) is 61.4 Å². The fourth-order valence-electron chi connectivity index (χ4n) is 3.74. The first-order chi connectivity index (χ1) is 18.6. The molecule has 2 aromatic carbocycles. The molecule has 1 amide bonds. The number of hydrogen-bond acceptors (Lipinski definition) is 5. The second-order valence-electron chi connectivity index (χ2n) is 8.80. The highest BCUT2D eigenvalue weighted by molar-refractivity contribution is 5.75. The first-order valence-corrected chi connectivity index (χ1v) is 12.7. The van der Waals surface area contributed by atoms with Gasteiger partial charge in [-0.25, -0.2) is 4.98 Å². The molecule has 0 fully saturated rings. The SMILES string of the molecule is CCN(CC)c1cc(-c2ccc(CCC(C)=O)cc2)cc(C(F)(F)F)n1.N#Cc1ccc(CCNC=O)cc1. The van der Waals surface area contributed by atoms with Gasteiger partial charge in [0, 0.05) is 26.1 Å². The predicted molar refractivity (Wildman–Crippen MR) is 146 cm³/mol. The van der Waals surface area contributed by atoms with E-state index >= 15 is 0 Å². The third-order valence-corrected chi connectivity index (χ3v) is 5.97. The molecule has 0 atom stereocenters. The normalized spacial score (nSPS) is 10.6. The quantitative estimate of drug-likeness (QED) is 0.240. The standard InChI is InChI=1S/C20H23F3N2O.C10H10N2O/c1-4-25(5-2)19-13-17(12-18(24-19)20(21,22)23)16-10-8-15(9-11-16)7-6-14(3)26;11-7-10-3-1-9(2-4-10)5-6-12-8-13/h8-13H,4-7H2,1-3H3;1-4,8H,5-6H2,(H,12,13). The number of halogens is 3. The fraction of sp³-hybridized carbons (Fsp3) is 0.333. The largest absolute Gasteiger partial charge is 0.433 e. The van der Waals surface area contributed by atoms with Gasteiger partial charge < -0.3 is 15.0 Å². The number of carbonyl (C=O) groups excluding carboxylic acids is 2. The van der Waals surface area contributed by atoms with E-state index in [2.05, 4.69) is 10.3 Å². The van der Waals surface area contributed by atoms with E-state index in [1.165, 1.54) is 0 Å². The third kappa shape index (κ3) is 10.2. The van der Waals surface area contributed by atoms with Crippen molar-refractivity contribution in [2.24, 2.45) is 0 Å². The number of nitriles is 1. The highest BCUT2D eigenvalue weighted by Crippen LogP contribution is 2.33. The second-order valence-corrected chi connectivity index (χ2v) is 8.80. The second kappa shape index (κ2) is 15.3. The van der Waals surface area contributed by atoms with Crippen molar-refractivity contribution in [2.75, 3.05) is 24.5 Å². The van der Waals surface area contributed by atoms with Gasteiger partial charge in [-0.05, 0) is 80.1 Å². The van der Waals surface area contributed by atoms with Crippen LogP contribution in [-0.2, 0) is 28.6 Å². The molecule has 0 bridgehead atoms. The van der Waals surface area contributed by atoms with Crippen LogP contribution in [0.5, 0.6) is 0 Å². The summed E-state index contributed by atoms with van der Waals surface area (Å²) in [4.78, 5) is 26.6. The molecule has 3 aromatic rings. The van der Waals surface area contributed by atoms with Gasteiger partial charge in [-0.2, -0.15) is 18.4 Å². The van der Waals surface area contributed by atoms with Crippen LogP contribution in [0.3, 0.4) is 0 Å². The number of benzene rings is 2. The number of nitrogens with zero attached hydrogens (tertiary/aromatic N) is 3. The monoisotopic (exact) mass is 538 g/mol. The molecule has 0 saturated carbocycles. The molecule has 3 rings (SSSR count). The molecule has 206 valence electrons. The van der Waals surface area contributed by atoms with E-state index in [4.69, 9.17) is 5.26 Å². The van der Waals surface area contributed by atoms with Gasteiger partial charge in [0.15, 0.2) is 0 Å². The lowest BCUT2D eigenvalue weighted by Crippen LogP contribution is -2.24. The zero-order chi connectivity index (χ0) is 28.8. The number of rotatable bonds is 11. The number of aryl methyl sites for hydroxylation is 1. The van der Waals surface area contributed by atoms with Crippen molar-refractivity contribution in [3.63, 3.8) is 0 Å². The van der Waals surface area contributed by atoms with Crippen LogP contribution in [0.4, 0.5) is 19.0 Å². The number of amides is 1. The molecule has 9 heteroatoms. The van der Waals surface area contributed by atoms with Crippen LogP contribution in [0.15, 0.2) is 60.7 Å². The van der Waals surface area contributed by atoms with Crippen molar-refractivity contribution in [1.29, 1.82) is 5.26 Å². The number of anilines is 1. The van der Waals surface area contributed by atoms with Crippen LogP contribution in [0.25, 0.3) is 11.1 Å². The van der Waals surface area contributed by atoms with Gasteiger partial charge in [0.1, 0.15) is 17.3 Å². The van der Waals surface area contributed by atoms with Gasteiger partial charge >= 0.3 is 6.18 Å². The van der Waals surface area contributed by atoms with Crippen molar-refractivity contribution < 1.29 is 22.8 Å². The zero-order valence-corrected chi connectivity index (χ0v) is 22.4. The highest BCUT2D eigenvalue weighted by Gasteiger charge is 2.33. The maximum atomic E-state index is 13.3. The number of alkyl halides is 3. The predicted octanol–water partition coefficient (Wildman–Crippen LogP) is 5.98. The van der Waals surface area contributed by atoms with Gasteiger partial charge in [-0.1, -0.05) is 36.4 Å². The molecule has 0 aliphatic heterocycles. The van der Waals surface area contributed by atoms with Gasteiger partial charge in [0.2, 0.25) is 6.41 Å². The smallest absolute Gasteiger partial charge is 0.358 e. The molecule has 1 N–H and O–H groups in total. The van der Waals surface area contributed by atoms with Crippen molar-refractivity contribution in [3.8, 4) is 17.2 Å². The molecule has 1 aromatic heterocycles. The molecular weight excluding hydrogens is 505 g/mol. The number of ketones is 1. The summed E-state index contributed by atoms with van der Waals surface area (Å²) in [6.07, 6.45) is -1.93. The van der Waals surface area contributed by atoms with Crippen LogP contribution in [0, 0.1) is 11.3 Å². The topological polar surface area (TPSA) is 86.1 Å². The molecule has 6 nitrogen and oxygen atoms in total. The lowest BCUT2D eigenvalue weighted by atomic mass is 10.0. The average Bonchev–Trinajstić information content (AvgIpc) is 2.93. The molecule has 0 saturated heterocycles.